The Bertz CT molecular complexity index is 1480. The fourth-order valence-electron chi connectivity index (χ4n) is 7.64. The summed E-state index contributed by atoms with van der Waals surface area (Å²) in [7, 11) is 1.34. The molecule has 3 fully saturated rings. The van der Waals surface area contributed by atoms with E-state index >= 15 is 0 Å². The molecule has 3 aliphatic rings. The number of ether oxygens (including phenoxy) is 1. The monoisotopic (exact) mass is 764 g/mol. The van der Waals surface area contributed by atoms with Gasteiger partial charge in [0.05, 0.1) is 46.6 Å². The number of carbonyl (C=O) groups excluding carboxylic acids is 1. The largest absolute Gasteiger partial charge is 0.416 e. The number of nitrogens with zero attached hydrogens (tertiary/aromatic N) is 4. The van der Waals surface area contributed by atoms with Crippen molar-refractivity contribution in [3.63, 3.8) is 0 Å². The van der Waals surface area contributed by atoms with Crippen molar-refractivity contribution in [1.29, 1.82) is 0 Å². The third-order valence-corrected chi connectivity index (χ3v) is 11.0. The summed E-state index contributed by atoms with van der Waals surface area (Å²) in [4.78, 5) is 25.1. The van der Waals surface area contributed by atoms with Crippen molar-refractivity contribution >= 4 is 34.8 Å². The molecule has 3 unspecified atom stereocenters. The second kappa shape index (κ2) is 17.5. The van der Waals surface area contributed by atoms with Crippen LogP contribution in [0.15, 0.2) is 41.6 Å². The summed E-state index contributed by atoms with van der Waals surface area (Å²) >= 11 is 12.5. The predicted molar refractivity (Wildman–Crippen MR) is 184 cm³/mol. The zero-order valence-corrected chi connectivity index (χ0v) is 30.1. The molecule has 0 N–H and O–H groups in total. The van der Waals surface area contributed by atoms with Crippen LogP contribution in [0.3, 0.4) is 0 Å². The van der Waals surface area contributed by atoms with Gasteiger partial charge in [0.25, 0.3) is 0 Å². The first-order valence-electron chi connectivity index (χ1n) is 17.4. The molecule has 15 heteroatoms. The van der Waals surface area contributed by atoms with Crippen molar-refractivity contribution in [2.75, 3.05) is 59.5 Å². The maximum absolute atomic E-state index is 13.4. The van der Waals surface area contributed by atoms with Crippen LogP contribution in [-0.2, 0) is 33.3 Å². The number of likely N-dealkylation sites (tertiary alicyclic amines) is 1. The van der Waals surface area contributed by atoms with E-state index in [1.807, 2.05) is 0 Å². The summed E-state index contributed by atoms with van der Waals surface area (Å²) in [5, 5.41) is 4.83. The molecule has 7 nitrogen and oxygen atoms in total. The standard InChI is InChI=1S/C36H44Cl2F6N4O3/c1-50-45-32(23-51-22-24-17-27(35(39,40)41)20-28(18-24)36(42,43)44)29(26-8-9-30(37)31(38)19-26)10-12-46-13-15-47(16-14-46)21-34(49)48-11-4-6-25-5-2-3-7-33(25)48/h8-9,17-20,25,29,33H,2-7,10-16,21-23H2,1H3/b45-32+. The topological polar surface area (TPSA) is 57.6 Å². The first kappa shape index (κ1) is 39.6. The van der Waals surface area contributed by atoms with E-state index in [1.54, 1.807) is 18.2 Å². The molecule has 2 aliphatic heterocycles. The van der Waals surface area contributed by atoms with E-state index in [9.17, 15) is 31.1 Å². The number of alkyl halides is 6. The molecule has 3 atom stereocenters. The van der Waals surface area contributed by atoms with Gasteiger partial charge in [-0.15, -0.1) is 0 Å². The number of fused-ring (bicyclic) bond motifs is 1. The average molecular weight is 766 g/mol. The van der Waals surface area contributed by atoms with Gasteiger partial charge in [-0.3, -0.25) is 9.69 Å². The lowest BCUT2D eigenvalue weighted by Crippen LogP contribution is -2.54. The molecule has 2 saturated heterocycles. The minimum Gasteiger partial charge on any atom is -0.399 e. The van der Waals surface area contributed by atoms with Crippen LogP contribution in [0.1, 0.15) is 73.1 Å². The van der Waals surface area contributed by atoms with Crippen LogP contribution in [-0.4, -0.2) is 91.9 Å². The Morgan fingerprint density at radius 3 is 2.16 bits per heavy atom. The first-order chi connectivity index (χ1) is 24.2. The molecular weight excluding hydrogens is 721 g/mol. The third kappa shape index (κ3) is 10.7. The van der Waals surface area contributed by atoms with Gasteiger partial charge in [0.2, 0.25) is 5.91 Å². The normalized spacial score (nSPS) is 21.7. The summed E-state index contributed by atoms with van der Waals surface area (Å²) < 4.78 is 86.1. The minimum atomic E-state index is -4.97. The quantitative estimate of drug-likeness (QED) is 0.123. The lowest BCUT2D eigenvalue weighted by Gasteiger charge is -2.45. The number of rotatable bonds is 12. The molecule has 0 aromatic heterocycles. The molecule has 282 valence electrons. The van der Waals surface area contributed by atoms with E-state index < -0.39 is 36.0 Å². The van der Waals surface area contributed by atoms with Gasteiger partial charge in [0.1, 0.15) is 7.11 Å². The van der Waals surface area contributed by atoms with Crippen LogP contribution in [0.25, 0.3) is 0 Å². The van der Waals surface area contributed by atoms with Crippen molar-refractivity contribution in [2.24, 2.45) is 11.1 Å². The number of halogens is 8. The van der Waals surface area contributed by atoms with Crippen molar-refractivity contribution in [1.82, 2.24) is 14.7 Å². The predicted octanol–water partition coefficient (Wildman–Crippen LogP) is 8.52. The van der Waals surface area contributed by atoms with Crippen molar-refractivity contribution in [3.05, 3.63) is 68.7 Å². The lowest BCUT2D eigenvalue weighted by molar-refractivity contribution is -0.143. The van der Waals surface area contributed by atoms with E-state index in [4.69, 9.17) is 32.8 Å². The number of hydrogen-bond donors (Lipinski definition) is 0. The van der Waals surface area contributed by atoms with Crippen LogP contribution in [0, 0.1) is 5.92 Å². The highest BCUT2D eigenvalue weighted by molar-refractivity contribution is 6.42. The number of benzene rings is 2. The van der Waals surface area contributed by atoms with Crippen molar-refractivity contribution in [3.8, 4) is 0 Å². The highest BCUT2D eigenvalue weighted by Crippen LogP contribution is 2.38. The fraction of sp³-hybridized carbons (Fsp3) is 0.611. The lowest BCUT2D eigenvalue weighted by atomic mass is 9.78. The molecule has 1 saturated carbocycles. The number of carbonyl (C=O) groups is 1. The van der Waals surface area contributed by atoms with Crippen LogP contribution < -0.4 is 0 Å². The van der Waals surface area contributed by atoms with Crippen molar-refractivity contribution in [2.45, 2.75) is 75.9 Å². The molecular formula is C36H44Cl2F6N4O3. The fourth-order valence-corrected chi connectivity index (χ4v) is 7.94. The van der Waals surface area contributed by atoms with E-state index in [-0.39, 0.29) is 24.1 Å². The number of hydrogen-bond acceptors (Lipinski definition) is 6. The van der Waals surface area contributed by atoms with Gasteiger partial charge in [-0.2, -0.15) is 26.3 Å². The molecule has 0 spiro atoms. The van der Waals surface area contributed by atoms with Gasteiger partial charge in [0, 0.05) is 44.7 Å². The van der Waals surface area contributed by atoms with Crippen LogP contribution in [0.2, 0.25) is 10.0 Å². The molecule has 2 heterocycles. The molecule has 2 aromatic carbocycles. The Labute approximate surface area is 304 Å². The smallest absolute Gasteiger partial charge is 0.399 e. The maximum Gasteiger partial charge on any atom is 0.416 e. The molecule has 5 rings (SSSR count). The summed E-state index contributed by atoms with van der Waals surface area (Å²) in [6.45, 7) is 4.12. The Hall–Kier alpha value is -2.58. The SMILES string of the molecule is CO/N=C(\COCc1cc(C(F)(F)F)cc(C(F)(F)F)c1)C(CCN1CCN(CC(=O)N2CCCC3CCCCC32)CC1)c1ccc(Cl)c(Cl)c1. The van der Waals surface area contributed by atoms with Gasteiger partial charge in [-0.05, 0) is 86.0 Å². The van der Waals surface area contributed by atoms with E-state index in [1.165, 1.54) is 32.8 Å². The minimum absolute atomic E-state index is 0.0828. The van der Waals surface area contributed by atoms with E-state index in [0.717, 1.165) is 51.1 Å². The molecule has 0 bridgehead atoms. The average Bonchev–Trinajstić information content (AvgIpc) is 3.09. The Kier molecular flexibility index (Phi) is 13.6. The Balaban J connectivity index is 1.21. The Morgan fingerprint density at radius 2 is 1.51 bits per heavy atom. The van der Waals surface area contributed by atoms with Crippen LogP contribution in [0.4, 0.5) is 26.3 Å². The van der Waals surface area contributed by atoms with Crippen LogP contribution >= 0.6 is 23.2 Å². The zero-order chi connectivity index (χ0) is 36.8. The van der Waals surface area contributed by atoms with Gasteiger partial charge >= 0.3 is 12.4 Å². The second-order valence-electron chi connectivity index (χ2n) is 13.6. The van der Waals surface area contributed by atoms with E-state index in [2.05, 4.69) is 19.9 Å². The second-order valence-corrected chi connectivity index (χ2v) is 14.5. The van der Waals surface area contributed by atoms with Gasteiger partial charge in [-0.25, -0.2) is 0 Å². The number of piperidine rings is 1. The third-order valence-electron chi connectivity index (χ3n) is 10.2. The highest BCUT2D eigenvalue weighted by atomic mass is 35.5. The summed E-state index contributed by atoms with van der Waals surface area (Å²) in [5.74, 6) is 0.436. The number of oxime groups is 1. The van der Waals surface area contributed by atoms with E-state index in [0.29, 0.717) is 59.4 Å². The number of amides is 1. The summed E-state index contributed by atoms with van der Waals surface area (Å²) in [6, 6.07) is 6.88. The summed E-state index contributed by atoms with van der Waals surface area (Å²) in [5.41, 5.74) is -1.98. The first-order valence-corrected chi connectivity index (χ1v) is 18.1. The van der Waals surface area contributed by atoms with Gasteiger partial charge < -0.3 is 19.4 Å². The molecule has 1 aliphatic carbocycles. The summed E-state index contributed by atoms with van der Waals surface area (Å²) in [6.07, 6.45) is -2.34. The zero-order valence-electron chi connectivity index (χ0n) is 28.5. The molecule has 1 amide bonds. The number of piperazine rings is 1. The van der Waals surface area contributed by atoms with Gasteiger partial charge in [-0.1, -0.05) is 47.3 Å². The van der Waals surface area contributed by atoms with Crippen LogP contribution in [0.5, 0.6) is 0 Å². The molecule has 0 radical (unpaired) electrons. The van der Waals surface area contributed by atoms with Gasteiger partial charge in [0.15, 0.2) is 0 Å². The molecule has 51 heavy (non-hydrogen) atoms. The highest BCUT2D eigenvalue weighted by Gasteiger charge is 2.38. The Morgan fingerprint density at radius 1 is 0.863 bits per heavy atom. The van der Waals surface area contributed by atoms with Crippen molar-refractivity contribution < 1.29 is 40.7 Å². The maximum atomic E-state index is 13.4. The molecule has 2 aromatic rings.